The summed E-state index contributed by atoms with van der Waals surface area (Å²) in [6.45, 7) is 3.86. The molecule has 0 saturated carbocycles. The molecule has 8 nitrogen and oxygen atoms in total. The first-order chi connectivity index (χ1) is 14.5. The van der Waals surface area contributed by atoms with Crippen LogP contribution < -0.4 is 5.32 Å². The maximum Gasteiger partial charge on any atom is 0.272 e. The highest BCUT2D eigenvalue weighted by Crippen LogP contribution is 2.24. The molecule has 152 valence electrons. The van der Waals surface area contributed by atoms with Crippen molar-refractivity contribution in [1.82, 2.24) is 30.2 Å². The highest BCUT2D eigenvalue weighted by molar-refractivity contribution is 5.92. The van der Waals surface area contributed by atoms with Gasteiger partial charge in [-0.15, -0.1) is 0 Å². The van der Waals surface area contributed by atoms with Gasteiger partial charge in [0.15, 0.2) is 5.69 Å². The molecular formula is C21H19FN6O2. The van der Waals surface area contributed by atoms with Gasteiger partial charge in [0.2, 0.25) is 11.7 Å². The molecule has 0 aliphatic carbocycles. The van der Waals surface area contributed by atoms with Crippen LogP contribution in [0.25, 0.3) is 17.1 Å². The fourth-order valence-electron chi connectivity index (χ4n) is 2.93. The number of amides is 1. The van der Waals surface area contributed by atoms with Gasteiger partial charge in [0, 0.05) is 24.2 Å². The van der Waals surface area contributed by atoms with Crippen molar-refractivity contribution in [3.8, 4) is 17.1 Å². The Morgan fingerprint density at radius 3 is 2.63 bits per heavy atom. The lowest BCUT2D eigenvalue weighted by atomic mass is 10.0. The third-order valence-corrected chi connectivity index (χ3v) is 4.52. The van der Waals surface area contributed by atoms with Crippen LogP contribution in [0.2, 0.25) is 0 Å². The number of halogens is 1. The lowest BCUT2D eigenvalue weighted by Gasteiger charge is -2.17. The van der Waals surface area contributed by atoms with Gasteiger partial charge in [-0.3, -0.25) is 9.78 Å². The molecule has 0 spiro atoms. The predicted molar refractivity (Wildman–Crippen MR) is 106 cm³/mol. The number of hydrogen-bond acceptors (Lipinski definition) is 6. The Bertz CT molecular complexity index is 1160. The van der Waals surface area contributed by atoms with Crippen LogP contribution in [0.3, 0.4) is 0 Å². The molecule has 4 aromatic rings. The average molecular weight is 406 g/mol. The Kier molecular flexibility index (Phi) is 5.34. The van der Waals surface area contributed by atoms with Crippen LogP contribution >= 0.6 is 0 Å². The van der Waals surface area contributed by atoms with Gasteiger partial charge in [-0.1, -0.05) is 31.1 Å². The second-order valence-corrected chi connectivity index (χ2v) is 6.98. The van der Waals surface area contributed by atoms with E-state index in [1.807, 2.05) is 13.8 Å². The van der Waals surface area contributed by atoms with Crippen LogP contribution in [-0.2, 0) is 0 Å². The standard InChI is InChI=1S/C21H19FN6O2/c1-13(2)18(21-25-19(27-30-21)14-7-10-23-11-8-14)24-20(29)16-9-12-28(26-16)17-6-4-3-5-15(17)22/h3-13,18H,1-2H3,(H,24,29). The number of para-hydroxylation sites is 1. The summed E-state index contributed by atoms with van der Waals surface area (Å²) in [6, 6.07) is 10.8. The quantitative estimate of drug-likeness (QED) is 0.525. The van der Waals surface area contributed by atoms with E-state index in [0.29, 0.717) is 11.7 Å². The van der Waals surface area contributed by atoms with Gasteiger partial charge in [-0.05, 0) is 36.2 Å². The van der Waals surface area contributed by atoms with E-state index in [1.54, 1.807) is 42.7 Å². The van der Waals surface area contributed by atoms with Gasteiger partial charge < -0.3 is 9.84 Å². The minimum Gasteiger partial charge on any atom is -0.339 e. The van der Waals surface area contributed by atoms with Crippen LogP contribution in [0.4, 0.5) is 4.39 Å². The maximum atomic E-state index is 14.0. The zero-order valence-electron chi connectivity index (χ0n) is 16.4. The van der Waals surface area contributed by atoms with Crippen LogP contribution in [0.5, 0.6) is 0 Å². The molecule has 9 heteroatoms. The van der Waals surface area contributed by atoms with Crippen molar-refractivity contribution in [2.75, 3.05) is 0 Å². The van der Waals surface area contributed by atoms with Crippen LogP contribution in [-0.4, -0.2) is 30.8 Å². The number of aromatic nitrogens is 5. The zero-order valence-corrected chi connectivity index (χ0v) is 16.4. The molecule has 1 unspecified atom stereocenters. The summed E-state index contributed by atoms with van der Waals surface area (Å²) in [6.07, 6.45) is 4.81. The van der Waals surface area contributed by atoms with Crippen molar-refractivity contribution in [2.24, 2.45) is 5.92 Å². The molecule has 0 aliphatic rings. The summed E-state index contributed by atoms with van der Waals surface area (Å²) in [4.78, 5) is 21.1. The molecule has 0 aliphatic heterocycles. The average Bonchev–Trinajstić information content (AvgIpc) is 3.43. The number of benzene rings is 1. The molecule has 1 N–H and O–H groups in total. The molecule has 1 aromatic carbocycles. The van der Waals surface area contributed by atoms with Crippen molar-refractivity contribution in [1.29, 1.82) is 0 Å². The van der Waals surface area contributed by atoms with E-state index < -0.39 is 17.8 Å². The van der Waals surface area contributed by atoms with E-state index in [9.17, 15) is 9.18 Å². The number of pyridine rings is 1. The Labute approximate surface area is 171 Å². The van der Waals surface area contributed by atoms with Crippen molar-refractivity contribution in [2.45, 2.75) is 19.9 Å². The molecule has 3 aromatic heterocycles. The van der Waals surface area contributed by atoms with Crippen molar-refractivity contribution in [3.63, 3.8) is 0 Å². The van der Waals surface area contributed by atoms with Crippen molar-refractivity contribution >= 4 is 5.91 Å². The Hall–Kier alpha value is -3.88. The predicted octanol–water partition coefficient (Wildman–Crippen LogP) is 3.58. The number of carbonyl (C=O) groups is 1. The highest BCUT2D eigenvalue weighted by Gasteiger charge is 2.26. The fourth-order valence-corrected chi connectivity index (χ4v) is 2.93. The molecule has 4 rings (SSSR count). The van der Waals surface area contributed by atoms with Gasteiger partial charge in [-0.25, -0.2) is 9.07 Å². The smallest absolute Gasteiger partial charge is 0.272 e. The van der Waals surface area contributed by atoms with E-state index in [-0.39, 0.29) is 17.3 Å². The lowest BCUT2D eigenvalue weighted by molar-refractivity contribution is 0.0908. The first-order valence-electron chi connectivity index (χ1n) is 9.38. The molecule has 30 heavy (non-hydrogen) atoms. The molecule has 1 atom stereocenters. The number of nitrogens with one attached hydrogen (secondary N) is 1. The van der Waals surface area contributed by atoms with E-state index in [4.69, 9.17) is 4.52 Å². The SMILES string of the molecule is CC(C)C(NC(=O)c1ccn(-c2ccccc2F)n1)c1nc(-c2ccncc2)no1. The van der Waals surface area contributed by atoms with Gasteiger partial charge in [0.05, 0.1) is 0 Å². The summed E-state index contributed by atoms with van der Waals surface area (Å²) in [5.41, 5.74) is 1.17. The van der Waals surface area contributed by atoms with Gasteiger partial charge >= 0.3 is 0 Å². The summed E-state index contributed by atoms with van der Waals surface area (Å²) in [5.74, 6) is -0.169. The normalized spacial score (nSPS) is 12.1. The van der Waals surface area contributed by atoms with Gasteiger partial charge in [0.25, 0.3) is 5.91 Å². The molecule has 1 amide bonds. The first kappa shape index (κ1) is 19.4. The minimum atomic E-state index is -0.515. The molecule has 3 heterocycles. The topological polar surface area (TPSA) is 98.7 Å². The minimum absolute atomic E-state index is 0.0201. The summed E-state index contributed by atoms with van der Waals surface area (Å²) < 4.78 is 20.7. The van der Waals surface area contributed by atoms with Crippen LogP contribution in [0.15, 0.2) is 65.6 Å². The third kappa shape index (κ3) is 3.95. The summed E-state index contributed by atoms with van der Waals surface area (Å²) >= 11 is 0. The number of rotatable bonds is 6. The Morgan fingerprint density at radius 2 is 1.90 bits per heavy atom. The third-order valence-electron chi connectivity index (χ3n) is 4.52. The van der Waals surface area contributed by atoms with Crippen molar-refractivity contribution < 1.29 is 13.7 Å². The van der Waals surface area contributed by atoms with Gasteiger partial charge in [-0.2, -0.15) is 10.1 Å². The lowest BCUT2D eigenvalue weighted by Crippen LogP contribution is -2.32. The maximum absolute atomic E-state index is 14.0. The molecule has 0 radical (unpaired) electrons. The highest BCUT2D eigenvalue weighted by atomic mass is 19.1. The van der Waals surface area contributed by atoms with E-state index in [1.165, 1.54) is 23.0 Å². The molecule has 0 saturated heterocycles. The van der Waals surface area contributed by atoms with Gasteiger partial charge in [0.1, 0.15) is 17.5 Å². The van der Waals surface area contributed by atoms with E-state index in [0.717, 1.165) is 5.56 Å². The second-order valence-electron chi connectivity index (χ2n) is 6.98. The van der Waals surface area contributed by atoms with E-state index >= 15 is 0 Å². The Balaban J connectivity index is 1.54. The van der Waals surface area contributed by atoms with Crippen LogP contribution in [0.1, 0.15) is 36.3 Å². The largest absolute Gasteiger partial charge is 0.339 e. The van der Waals surface area contributed by atoms with Crippen molar-refractivity contribution in [3.05, 3.63) is 78.5 Å². The molecule has 0 bridgehead atoms. The second kappa shape index (κ2) is 8.24. The first-order valence-corrected chi connectivity index (χ1v) is 9.38. The zero-order chi connectivity index (χ0) is 21.1. The van der Waals surface area contributed by atoms with Crippen LogP contribution in [0, 0.1) is 11.7 Å². The Morgan fingerprint density at radius 1 is 1.13 bits per heavy atom. The number of nitrogens with zero attached hydrogens (tertiary/aromatic N) is 5. The molecular weight excluding hydrogens is 387 g/mol. The summed E-state index contributed by atoms with van der Waals surface area (Å²) in [7, 11) is 0. The molecule has 0 fully saturated rings. The van der Waals surface area contributed by atoms with E-state index in [2.05, 4.69) is 25.5 Å². The number of hydrogen-bond donors (Lipinski definition) is 1. The number of carbonyl (C=O) groups excluding carboxylic acids is 1. The monoisotopic (exact) mass is 406 g/mol. The summed E-state index contributed by atoms with van der Waals surface area (Å²) in [5, 5.41) is 11.1. The fraction of sp³-hybridized carbons (Fsp3) is 0.190.